The van der Waals surface area contributed by atoms with Crippen LogP contribution in [-0.4, -0.2) is 44.0 Å². The van der Waals surface area contributed by atoms with E-state index in [1.807, 2.05) is 19.2 Å². The maximum atomic E-state index is 14.0. The first kappa shape index (κ1) is 15.1. The lowest BCUT2D eigenvalue weighted by molar-refractivity contribution is 0.291. The third-order valence-corrected chi connectivity index (χ3v) is 2.96. The fourth-order valence-corrected chi connectivity index (χ4v) is 1.94. The van der Waals surface area contributed by atoms with Gasteiger partial charge in [-0.05, 0) is 40.7 Å². The van der Waals surface area contributed by atoms with E-state index in [1.54, 1.807) is 6.07 Å². The van der Waals surface area contributed by atoms with E-state index >= 15 is 0 Å². The lowest BCUT2D eigenvalue weighted by Crippen LogP contribution is -2.24. The number of benzene rings is 1. The van der Waals surface area contributed by atoms with Crippen LogP contribution in [0.3, 0.4) is 0 Å². The largest absolute Gasteiger partial charge is 0.326 e. The number of hydrogen-bond donors (Lipinski definition) is 1. The Bertz CT molecular complexity index is 366. The lowest BCUT2D eigenvalue weighted by atomic mass is 10.1. The molecule has 0 saturated heterocycles. The van der Waals surface area contributed by atoms with Crippen molar-refractivity contribution in [2.24, 2.45) is 5.73 Å². The van der Waals surface area contributed by atoms with Gasteiger partial charge in [0.1, 0.15) is 5.82 Å². The average molecular weight is 253 g/mol. The van der Waals surface area contributed by atoms with Crippen LogP contribution in [0.1, 0.15) is 17.5 Å². The third kappa shape index (κ3) is 4.72. The molecule has 1 rings (SSSR count). The summed E-state index contributed by atoms with van der Waals surface area (Å²) in [5.74, 6) is -0.153. The third-order valence-electron chi connectivity index (χ3n) is 2.96. The highest BCUT2D eigenvalue weighted by Gasteiger charge is 2.08. The highest BCUT2D eigenvalue weighted by molar-refractivity contribution is 5.25. The number of hydrogen-bond acceptors (Lipinski definition) is 3. The molecular weight excluding hydrogens is 229 g/mol. The highest BCUT2D eigenvalue weighted by Crippen LogP contribution is 2.14. The van der Waals surface area contributed by atoms with Gasteiger partial charge in [0.15, 0.2) is 0 Å². The van der Waals surface area contributed by atoms with Gasteiger partial charge in [-0.15, -0.1) is 0 Å². The summed E-state index contributed by atoms with van der Waals surface area (Å²) in [5.41, 5.74) is 6.82. The molecule has 3 nitrogen and oxygen atoms in total. The van der Waals surface area contributed by atoms with E-state index in [1.165, 1.54) is 0 Å². The lowest BCUT2D eigenvalue weighted by Gasteiger charge is -2.19. The van der Waals surface area contributed by atoms with Gasteiger partial charge in [0.25, 0.3) is 0 Å². The molecule has 4 heteroatoms. The molecule has 102 valence electrons. The molecule has 0 radical (unpaired) electrons. The minimum atomic E-state index is -0.153. The molecule has 0 aliphatic rings. The SMILES string of the molecule is CN(C)CCCN(C)Cc1cccc(CN)c1F. The Balaban J connectivity index is 2.51. The first-order chi connectivity index (χ1) is 8.54. The quantitative estimate of drug-likeness (QED) is 0.802. The molecule has 0 amide bonds. The Labute approximate surface area is 109 Å². The molecule has 0 heterocycles. The monoisotopic (exact) mass is 253 g/mol. The summed E-state index contributed by atoms with van der Waals surface area (Å²) in [6.45, 7) is 2.90. The zero-order valence-electron chi connectivity index (χ0n) is 11.6. The molecule has 18 heavy (non-hydrogen) atoms. The van der Waals surface area contributed by atoms with Crippen LogP contribution in [-0.2, 0) is 13.1 Å². The molecule has 0 spiro atoms. The Morgan fingerprint density at radius 3 is 2.39 bits per heavy atom. The van der Waals surface area contributed by atoms with Crippen molar-refractivity contribution < 1.29 is 4.39 Å². The molecule has 0 aliphatic heterocycles. The van der Waals surface area contributed by atoms with Crippen LogP contribution in [0.5, 0.6) is 0 Å². The fourth-order valence-electron chi connectivity index (χ4n) is 1.94. The molecule has 1 aromatic carbocycles. The topological polar surface area (TPSA) is 32.5 Å². The maximum absolute atomic E-state index is 14.0. The Kier molecular flexibility index (Phi) is 6.25. The Hall–Kier alpha value is -0.970. The summed E-state index contributed by atoms with van der Waals surface area (Å²) in [6.07, 6.45) is 1.09. The predicted octanol–water partition coefficient (Wildman–Crippen LogP) is 1.67. The molecular formula is C14H24FN3. The summed E-state index contributed by atoms with van der Waals surface area (Å²) in [7, 11) is 6.14. The normalized spacial score (nSPS) is 11.5. The zero-order chi connectivity index (χ0) is 13.5. The molecule has 0 aromatic heterocycles. The Morgan fingerprint density at radius 2 is 1.78 bits per heavy atom. The Morgan fingerprint density at radius 1 is 1.11 bits per heavy atom. The van der Waals surface area contributed by atoms with Crippen molar-refractivity contribution in [1.82, 2.24) is 9.80 Å². The van der Waals surface area contributed by atoms with Crippen molar-refractivity contribution in [2.75, 3.05) is 34.2 Å². The standard InChI is InChI=1S/C14H24FN3/c1-17(2)8-5-9-18(3)11-13-7-4-6-12(10-16)14(13)15/h4,6-7H,5,8-11,16H2,1-3H3. The van der Waals surface area contributed by atoms with Crippen molar-refractivity contribution in [3.8, 4) is 0 Å². The first-order valence-corrected chi connectivity index (χ1v) is 6.34. The van der Waals surface area contributed by atoms with Crippen LogP contribution in [0, 0.1) is 5.82 Å². The summed E-state index contributed by atoms with van der Waals surface area (Å²) < 4.78 is 14.0. The van der Waals surface area contributed by atoms with Gasteiger partial charge in [-0.2, -0.15) is 0 Å². The molecule has 1 aromatic rings. The van der Waals surface area contributed by atoms with Crippen LogP contribution in [0.15, 0.2) is 18.2 Å². The molecule has 0 fully saturated rings. The second-order valence-corrected chi connectivity index (χ2v) is 4.99. The van der Waals surface area contributed by atoms with E-state index in [4.69, 9.17) is 5.73 Å². The molecule has 0 atom stereocenters. The minimum absolute atomic E-state index is 0.153. The minimum Gasteiger partial charge on any atom is -0.326 e. The molecule has 0 saturated carbocycles. The maximum Gasteiger partial charge on any atom is 0.132 e. The summed E-state index contributed by atoms with van der Waals surface area (Å²) in [4.78, 5) is 4.30. The second kappa shape index (κ2) is 7.46. The smallest absolute Gasteiger partial charge is 0.132 e. The van der Waals surface area contributed by atoms with Crippen LogP contribution in [0.4, 0.5) is 4.39 Å². The zero-order valence-corrected chi connectivity index (χ0v) is 11.6. The molecule has 2 N–H and O–H groups in total. The van der Waals surface area contributed by atoms with E-state index in [-0.39, 0.29) is 12.4 Å². The van der Waals surface area contributed by atoms with Crippen LogP contribution in [0.2, 0.25) is 0 Å². The van der Waals surface area contributed by atoms with Crippen LogP contribution in [0.25, 0.3) is 0 Å². The first-order valence-electron chi connectivity index (χ1n) is 6.34. The van der Waals surface area contributed by atoms with Crippen molar-refractivity contribution >= 4 is 0 Å². The summed E-state index contributed by atoms with van der Waals surface area (Å²) >= 11 is 0. The van der Waals surface area contributed by atoms with Gasteiger partial charge >= 0.3 is 0 Å². The van der Waals surface area contributed by atoms with Crippen molar-refractivity contribution in [2.45, 2.75) is 19.5 Å². The van der Waals surface area contributed by atoms with E-state index < -0.39 is 0 Å². The van der Waals surface area contributed by atoms with Gasteiger partial charge in [-0.1, -0.05) is 18.2 Å². The summed E-state index contributed by atoms with van der Waals surface area (Å²) in [5, 5.41) is 0. The van der Waals surface area contributed by atoms with E-state index in [0.717, 1.165) is 25.1 Å². The molecule has 0 bridgehead atoms. The van der Waals surface area contributed by atoms with Gasteiger partial charge < -0.3 is 15.5 Å². The summed E-state index contributed by atoms with van der Waals surface area (Å²) in [6, 6.07) is 5.44. The van der Waals surface area contributed by atoms with Gasteiger partial charge in [0, 0.05) is 24.2 Å². The number of nitrogens with two attached hydrogens (primary N) is 1. The number of halogens is 1. The van der Waals surface area contributed by atoms with Crippen molar-refractivity contribution in [3.05, 3.63) is 35.1 Å². The number of nitrogens with zero attached hydrogens (tertiary/aromatic N) is 2. The van der Waals surface area contributed by atoms with Gasteiger partial charge in [-0.25, -0.2) is 4.39 Å². The van der Waals surface area contributed by atoms with E-state index in [0.29, 0.717) is 12.1 Å². The van der Waals surface area contributed by atoms with Gasteiger partial charge in [0.05, 0.1) is 0 Å². The van der Waals surface area contributed by atoms with E-state index in [9.17, 15) is 4.39 Å². The molecule has 0 aliphatic carbocycles. The average Bonchev–Trinajstić information content (AvgIpc) is 2.31. The highest BCUT2D eigenvalue weighted by atomic mass is 19.1. The van der Waals surface area contributed by atoms with Crippen LogP contribution >= 0.6 is 0 Å². The predicted molar refractivity (Wildman–Crippen MR) is 73.8 cm³/mol. The number of rotatable bonds is 7. The van der Waals surface area contributed by atoms with Gasteiger partial charge in [-0.3, -0.25) is 0 Å². The second-order valence-electron chi connectivity index (χ2n) is 4.99. The molecule has 0 unspecified atom stereocenters. The van der Waals surface area contributed by atoms with Crippen molar-refractivity contribution in [1.29, 1.82) is 0 Å². The van der Waals surface area contributed by atoms with Crippen LogP contribution < -0.4 is 5.73 Å². The van der Waals surface area contributed by atoms with Crippen molar-refractivity contribution in [3.63, 3.8) is 0 Å². The fraction of sp³-hybridized carbons (Fsp3) is 0.571. The van der Waals surface area contributed by atoms with Gasteiger partial charge in [0.2, 0.25) is 0 Å². The van der Waals surface area contributed by atoms with E-state index in [2.05, 4.69) is 23.9 Å².